The van der Waals surface area contributed by atoms with Crippen LogP contribution in [0.5, 0.6) is 0 Å². The van der Waals surface area contributed by atoms with Gasteiger partial charge in [-0.25, -0.2) is 9.18 Å². The van der Waals surface area contributed by atoms with Crippen molar-refractivity contribution in [2.45, 2.75) is 12.8 Å². The molecule has 0 atom stereocenters. The summed E-state index contributed by atoms with van der Waals surface area (Å²) in [6, 6.07) is 3.98. The lowest BCUT2D eigenvalue weighted by atomic mass is 10.0. The van der Waals surface area contributed by atoms with Gasteiger partial charge in [0.15, 0.2) is 0 Å². The molecule has 3 nitrogen and oxygen atoms in total. The van der Waals surface area contributed by atoms with Crippen molar-refractivity contribution < 1.29 is 13.9 Å². The molecule has 1 aromatic carbocycles. The minimum atomic E-state index is -0.648. The number of hydrogen-bond acceptors (Lipinski definition) is 3. The predicted octanol–water partition coefficient (Wildman–Crippen LogP) is 2.61. The van der Waals surface area contributed by atoms with Crippen LogP contribution in [-0.2, 0) is 10.6 Å². The molecule has 84 valence electrons. The van der Waals surface area contributed by atoms with Crippen molar-refractivity contribution in [2.75, 3.05) is 6.61 Å². The molecule has 0 spiro atoms. The first-order chi connectivity index (χ1) is 7.63. The van der Waals surface area contributed by atoms with E-state index in [2.05, 4.69) is 0 Å². The van der Waals surface area contributed by atoms with Crippen LogP contribution in [0, 0.1) is 17.1 Å². The monoisotopic (exact) mass is 241 g/mol. The Morgan fingerprint density at radius 1 is 1.62 bits per heavy atom. The maximum atomic E-state index is 13.3. The Bertz CT molecular complexity index is 454. The van der Waals surface area contributed by atoms with Gasteiger partial charge in [-0.2, -0.15) is 5.26 Å². The summed E-state index contributed by atoms with van der Waals surface area (Å²) in [6.45, 7) is 1.84. The van der Waals surface area contributed by atoms with Gasteiger partial charge in [0.1, 0.15) is 11.9 Å². The molecule has 0 N–H and O–H groups in total. The molecule has 1 aromatic rings. The Balaban J connectivity index is 3.26. The van der Waals surface area contributed by atoms with Crippen molar-refractivity contribution in [3.63, 3.8) is 0 Å². The van der Waals surface area contributed by atoms with Crippen LogP contribution in [0.3, 0.4) is 0 Å². The second-order valence-electron chi connectivity index (χ2n) is 2.96. The molecule has 0 aliphatic carbocycles. The fraction of sp³-hybridized carbons (Fsp3) is 0.273. The third kappa shape index (κ3) is 2.50. The van der Waals surface area contributed by atoms with E-state index in [0.29, 0.717) is 0 Å². The van der Waals surface area contributed by atoms with Crippen LogP contribution in [0.4, 0.5) is 4.39 Å². The van der Waals surface area contributed by atoms with Gasteiger partial charge in [0.2, 0.25) is 0 Å². The molecule has 0 radical (unpaired) electrons. The number of halogens is 2. The number of alkyl halides is 1. The van der Waals surface area contributed by atoms with E-state index in [1.165, 1.54) is 6.07 Å². The van der Waals surface area contributed by atoms with Crippen LogP contribution in [0.2, 0.25) is 0 Å². The molecule has 0 amide bonds. The summed E-state index contributed by atoms with van der Waals surface area (Å²) >= 11 is 5.51. The highest BCUT2D eigenvalue weighted by molar-refractivity contribution is 6.17. The standard InChI is InChI=1S/C11H9ClFNO2/c1-2-16-11(15)9-3-7(5-12)10(13)4-8(9)6-14/h3-4H,2,5H2,1H3. The first kappa shape index (κ1) is 12.5. The van der Waals surface area contributed by atoms with Crippen molar-refractivity contribution in [3.05, 3.63) is 34.6 Å². The van der Waals surface area contributed by atoms with E-state index in [9.17, 15) is 9.18 Å². The zero-order valence-electron chi connectivity index (χ0n) is 8.59. The van der Waals surface area contributed by atoms with Gasteiger partial charge in [0.25, 0.3) is 0 Å². The predicted molar refractivity (Wildman–Crippen MR) is 56.6 cm³/mol. The van der Waals surface area contributed by atoms with Crippen molar-refractivity contribution >= 4 is 17.6 Å². The number of carbonyl (C=O) groups excluding carboxylic acids is 1. The number of nitriles is 1. The molecule has 0 fully saturated rings. The number of nitrogens with zero attached hydrogens (tertiary/aromatic N) is 1. The number of benzene rings is 1. The van der Waals surface area contributed by atoms with Gasteiger partial charge >= 0.3 is 5.97 Å². The first-order valence-corrected chi connectivity index (χ1v) is 5.13. The summed E-state index contributed by atoms with van der Waals surface area (Å²) in [5.41, 5.74) is 0.162. The van der Waals surface area contributed by atoms with Crippen LogP contribution in [0.25, 0.3) is 0 Å². The van der Waals surface area contributed by atoms with Gasteiger partial charge in [-0.3, -0.25) is 0 Å². The van der Waals surface area contributed by atoms with Gasteiger partial charge in [-0.05, 0) is 19.1 Å². The second-order valence-corrected chi connectivity index (χ2v) is 3.22. The Morgan fingerprint density at radius 2 is 2.31 bits per heavy atom. The van der Waals surface area contributed by atoms with Gasteiger partial charge in [-0.1, -0.05) is 0 Å². The number of rotatable bonds is 3. The number of ether oxygens (including phenoxy) is 1. The Labute approximate surface area is 97.4 Å². The minimum absolute atomic E-state index is 0.0430. The third-order valence-electron chi connectivity index (χ3n) is 1.95. The van der Waals surface area contributed by atoms with Crippen molar-refractivity contribution in [2.24, 2.45) is 0 Å². The van der Waals surface area contributed by atoms with Gasteiger partial charge < -0.3 is 4.74 Å². The smallest absolute Gasteiger partial charge is 0.339 e. The minimum Gasteiger partial charge on any atom is -0.462 e. The third-order valence-corrected chi connectivity index (χ3v) is 2.23. The van der Waals surface area contributed by atoms with E-state index < -0.39 is 11.8 Å². The quantitative estimate of drug-likeness (QED) is 0.604. The van der Waals surface area contributed by atoms with Gasteiger partial charge in [0, 0.05) is 5.56 Å². The van der Waals surface area contributed by atoms with Crippen molar-refractivity contribution in [1.82, 2.24) is 0 Å². The number of carbonyl (C=O) groups is 1. The molecule has 0 aliphatic rings. The molecule has 0 heterocycles. The average Bonchev–Trinajstić information content (AvgIpc) is 2.28. The first-order valence-electron chi connectivity index (χ1n) is 4.59. The zero-order chi connectivity index (χ0) is 12.1. The van der Waals surface area contributed by atoms with Crippen molar-refractivity contribution in [1.29, 1.82) is 5.26 Å². The van der Waals surface area contributed by atoms with Crippen LogP contribution < -0.4 is 0 Å². The van der Waals surface area contributed by atoms with Crippen LogP contribution in [-0.4, -0.2) is 12.6 Å². The van der Waals surface area contributed by atoms with Crippen molar-refractivity contribution in [3.8, 4) is 6.07 Å². The summed E-state index contributed by atoms with van der Waals surface area (Å²) in [4.78, 5) is 11.5. The molecule has 0 aliphatic heterocycles. The molecular weight excluding hydrogens is 233 g/mol. The maximum Gasteiger partial charge on any atom is 0.339 e. The number of esters is 1. The highest BCUT2D eigenvalue weighted by atomic mass is 35.5. The molecule has 16 heavy (non-hydrogen) atoms. The van der Waals surface area contributed by atoms with E-state index in [-0.39, 0.29) is 29.2 Å². The summed E-state index contributed by atoms with van der Waals surface area (Å²) in [7, 11) is 0. The largest absolute Gasteiger partial charge is 0.462 e. The lowest BCUT2D eigenvalue weighted by Crippen LogP contribution is -2.08. The Kier molecular flexibility index (Phi) is 4.27. The maximum absolute atomic E-state index is 13.3. The molecule has 0 saturated heterocycles. The summed E-state index contributed by atoms with van der Waals surface area (Å²) < 4.78 is 18.0. The topological polar surface area (TPSA) is 50.1 Å². The van der Waals surface area contributed by atoms with Crippen LogP contribution in [0.15, 0.2) is 12.1 Å². The second kappa shape index (κ2) is 5.47. The van der Waals surface area contributed by atoms with E-state index in [1.54, 1.807) is 13.0 Å². The molecular formula is C11H9ClFNO2. The van der Waals surface area contributed by atoms with E-state index >= 15 is 0 Å². The average molecular weight is 242 g/mol. The highest BCUT2D eigenvalue weighted by Gasteiger charge is 2.16. The lowest BCUT2D eigenvalue weighted by Gasteiger charge is -2.06. The normalized spacial score (nSPS) is 9.62. The van der Waals surface area contributed by atoms with E-state index in [0.717, 1.165) is 6.07 Å². The summed E-state index contributed by atoms with van der Waals surface area (Å²) in [5, 5.41) is 8.77. The summed E-state index contributed by atoms with van der Waals surface area (Å²) in [5.74, 6) is -1.31. The highest BCUT2D eigenvalue weighted by Crippen LogP contribution is 2.18. The fourth-order valence-corrected chi connectivity index (χ4v) is 1.40. The lowest BCUT2D eigenvalue weighted by molar-refractivity contribution is 0.0526. The molecule has 1 rings (SSSR count). The zero-order valence-corrected chi connectivity index (χ0v) is 9.34. The Morgan fingerprint density at radius 3 is 2.81 bits per heavy atom. The van der Waals surface area contributed by atoms with Crippen LogP contribution >= 0.6 is 11.6 Å². The number of hydrogen-bond donors (Lipinski definition) is 0. The van der Waals surface area contributed by atoms with Crippen LogP contribution in [0.1, 0.15) is 28.4 Å². The molecule has 5 heteroatoms. The van der Waals surface area contributed by atoms with E-state index in [1.807, 2.05) is 0 Å². The molecule has 0 unspecified atom stereocenters. The summed E-state index contributed by atoms with van der Waals surface area (Å²) in [6.07, 6.45) is 0. The Hall–Kier alpha value is -1.60. The SMILES string of the molecule is CCOC(=O)c1cc(CCl)c(F)cc1C#N. The molecule has 0 aromatic heterocycles. The van der Waals surface area contributed by atoms with Gasteiger partial charge in [-0.15, -0.1) is 11.6 Å². The van der Waals surface area contributed by atoms with E-state index in [4.69, 9.17) is 21.6 Å². The fourth-order valence-electron chi connectivity index (χ4n) is 1.19. The molecule has 0 bridgehead atoms. The van der Waals surface area contributed by atoms with Gasteiger partial charge in [0.05, 0.1) is 23.6 Å². The molecule has 0 saturated carbocycles.